The minimum absolute atomic E-state index is 0.667. The van der Waals surface area contributed by atoms with Gasteiger partial charge in [0, 0.05) is 0 Å². The first-order valence-corrected chi connectivity index (χ1v) is 2.38. The second-order valence-corrected chi connectivity index (χ2v) is 1.65. The molecule has 0 radical (unpaired) electrons. The molecular weight excluding hydrogens is 97.5 g/mol. The minimum Gasteiger partial charge on any atom is -0.244 e. The molecule has 0 atom stereocenters. The van der Waals surface area contributed by atoms with Gasteiger partial charge in [-0.25, -0.2) is 4.58 Å². The van der Waals surface area contributed by atoms with Crippen molar-refractivity contribution < 1.29 is 4.58 Å². The second kappa shape index (κ2) is 3.16. The van der Waals surface area contributed by atoms with Gasteiger partial charge < -0.3 is 0 Å². The van der Waals surface area contributed by atoms with E-state index in [2.05, 4.69) is 6.72 Å². The van der Waals surface area contributed by atoms with E-state index >= 15 is 0 Å². The van der Waals surface area contributed by atoms with Crippen LogP contribution in [-0.4, -0.2) is 30.8 Å². The van der Waals surface area contributed by atoms with Gasteiger partial charge in [-0.2, -0.15) is 0 Å². The first kappa shape index (κ1) is 5.96. The van der Waals surface area contributed by atoms with Crippen LogP contribution in [0.25, 0.3) is 0 Å². The van der Waals surface area contributed by atoms with E-state index in [4.69, 9.17) is 11.6 Å². The summed E-state index contributed by atoms with van der Waals surface area (Å²) in [5.41, 5.74) is 0. The van der Waals surface area contributed by atoms with Crippen LogP contribution in [0.4, 0.5) is 0 Å². The Morgan fingerprint density at radius 3 is 2.33 bits per heavy atom. The van der Waals surface area contributed by atoms with Gasteiger partial charge in [0.05, 0.1) is 5.88 Å². The van der Waals surface area contributed by atoms with Crippen molar-refractivity contribution in [3.05, 3.63) is 0 Å². The van der Waals surface area contributed by atoms with Crippen LogP contribution in [0.3, 0.4) is 0 Å². The topological polar surface area (TPSA) is 3.01 Å². The molecule has 0 saturated heterocycles. The van der Waals surface area contributed by atoms with Crippen molar-refractivity contribution in [3.63, 3.8) is 0 Å². The highest BCUT2D eigenvalue weighted by molar-refractivity contribution is 6.17. The van der Waals surface area contributed by atoms with E-state index in [-0.39, 0.29) is 0 Å². The third kappa shape index (κ3) is 3.96. The number of hydrogen-bond acceptors (Lipinski definition) is 0. The number of alkyl halides is 1. The smallest absolute Gasteiger partial charge is 0.155 e. The fourth-order valence-corrected chi connectivity index (χ4v) is 0.433. The number of hydrogen-bond donors (Lipinski definition) is 0. The van der Waals surface area contributed by atoms with Gasteiger partial charge >= 0.3 is 0 Å². The number of halogens is 1. The molecule has 1 nitrogen and oxygen atoms in total. The van der Waals surface area contributed by atoms with Gasteiger partial charge in [0.1, 0.15) is 13.8 Å². The van der Waals surface area contributed by atoms with Gasteiger partial charge in [0.15, 0.2) is 6.54 Å². The van der Waals surface area contributed by atoms with E-state index in [0.717, 1.165) is 6.54 Å². The van der Waals surface area contributed by atoms with E-state index in [0.29, 0.717) is 5.88 Å². The summed E-state index contributed by atoms with van der Waals surface area (Å²) in [7, 11) is 1.89. The molecule has 0 aliphatic rings. The quantitative estimate of drug-likeness (QED) is 0.275. The maximum atomic E-state index is 5.31. The predicted octanol–water partition coefficient (Wildman–Crippen LogP) is 0.568. The summed E-state index contributed by atoms with van der Waals surface area (Å²) in [6, 6.07) is 0. The lowest BCUT2D eigenvalue weighted by Gasteiger charge is -1.83. The Kier molecular flexibility index (Phi) is 3.14. The molecule has 0 bridgehead atoms. The van der Waals surface area contributed by atoms with E-state index in [1.165, 1.54) is 0 Å². The lowest BCUT2D eigenvalue weighted by molar-refractivity contribution is -0.483. The number of rotatable bonds is 2. The highest BCUT2D eigenvalue weighted by Crippen LogP contribution is 1.70. The molecule has 0 spiro atoms. The van der Waals surface area contributed by atoms with Crippen molar-refractivity contribution in [2.24, 2.45) is 0 Å². The van der Waals surface area contributed by atoms with Crippen LogP contribution in [0.1, 0.15) is 0 Å². The molecule has 0 fully saturated rings. The molecular formula is C4H9ClN+. The minimum atomic E-state index is 0.667. The molecule has 6 heavy (non-hydrogen) atoms. The zero-order valence-corrected chi connectivity index (χ0v) is 4.70. The lowest BCUT2D eigenvalue weighted by atomic mass is 10.7. The molecule has 0 rings (SSSR count). The third-order valence-electron chi connectivity index (χ3n) is 0.466. The lowest BCUT2D eigenvalue weighted by Crippen LogP contribution is -2.04. The summed E-state index contributed by atoms with van der Waals surface area (Å²) in [6.07, 6.45) is 0. The Morgan fingerprint density at radius 1 is 1.83 bits per heavy atom. The van der Waals surface area contributed by atoms with Crippen LogP contribution >= 0.6 is 11.6 Å². The number of nitrogens with zero attached hydrogens (tertiary/aromatic N) is 1. The highest BCUT2D eigenvalue weighted by Gasteiger charge is 1.82. The molecule has 0 heterocycles. The summed E-state index contributed by atoms with van der Waals surface area (Å²) in [5, 5.41) is 0. The second-order valence-electron chi connectivity index (χ2n) is 1.27. The fraction of sp³-hybridized carbons (Fsp3) is 0.750. The van der Waals surface area contributed by atoms with Crippen molar-refractivity contribution in [2.45, 2.75) is 0 Å². The molecule has 0 aliphatic carbocycles. The van der Waals surface area contributed by atoms with Crippen molar-refractivity contribution in [2.75, 3.05) is 19.5 Å². The van der Waals surface area contributed by atoms with Crippen LogP contribution in [-0.2, 0) is 0 Å². The van der Waals surface area contributed by atoms with Crippen molar-refractivity contribution >= 4 is 18.3 Å². The van der Waals surface area contributed by atoms with Crippen LogP contribution in [0.15, 0.2) is 0 Å². The molecule has 36 valence electrons. The Labute approximate surface area is 43.2 Å². The summed E-state index contributed by atoms with van der Waals surface area (Å²) in [6.45, 7) is 4.44. The van der Waals surface area contributed by atoms with Crippen molar-refractivity contribution in [1.82, 2.24) is 0 Å². The van der Waals surface area contributed by atoms with Gasteiger partial charge in [0.25, 0.3) is 0 Å². The van der Waals surface area contributed by atoms with Crippen LogP contribution < -0.4 is 0 Å². The predicted molar refractivity (Wildman–Crippen MR) is 28.9 cm³/mol. The maximum Gasteiger partial charge on any atom is 0.155 e. The summed E-state index contributed by atoms with van der Waals surface area (Å²) >= 11 is 5.31. The summed E-state index contributed by atoms with van der Waals surface area (Å²) < 4.78 is 1.80. The first-order chi connectivity index (χ1) is 2.77. The van der Waals surface area contributed by atoms with Gasteiger partial charge in [-0.15, -0.1) is 11.6 Å². The molecule has 0 aliphatic heterocycles. The molecule has 0 amide bonds. The van der Waals surface area contributed by atoms with E-state index in [1.54, 1.807) is 4.58 Å². The standard InChI is InChI=1S/C4H9ClN/c1-6(2)4-3-5/h1,3-4H2,2H3/q+1. The molecule has 0 N–H and O–H groups in total. The molecule has 0 unspecified atom stereocenters. The average Bonchev–Trinajstić information content (AvgIpc) is 1.35. The van der Waals surface area contributed by atoms with Crippen molar-refractivity contribution in [1.29, 1.82) is 0 Å². The van der Waals surface area contributed by atoms with Gasteiger partial charge in [-0.3, -0.25) is 0 Å². The molecule has 0 aromatic heterocycles. The first-order valence-electron chi connectivity index (χ1n) is 1.85. The molecule has 0 aromatic carbocycles. The van der Waals surface area contributed by atoms with E-state index in [9.17, 15) is 0 Å². The molecule has 0 saturated carbocycles. The Morgan fingerprint density at radius 2 is 2.33 bits per heavy atom. The van der Waals surface area contributed by atoms with Crippen molar-refractivity contribution in [3.8, 4) is 0 Å². The fourth-order valence-electron chi connectivity index (χ4n) is 0.144. The zero-order chi connectivity index (χ0) is 4.99. The van der Waals surface area contributed by atoms with Gasteiger partial charge in [0.2, 0.25) is 0 Å². The van der Waals surface area contributed by atoms with E-state index < -0.39 is 0 Å². The maximum absolute atomic E-state index is 5.31. The van der Waals surface area contributed by atoms with E-state index in [1.807, 2.05) is 7.05 Å². The Bertz CT molecular complexity index is 51.5. The Balaban J connectivity index is 2.83. The normalized spacial score (nSPS) is 8.33. The van der Waals surface area contributed by atoms with Gasteiger partial charge in [-0.05, 0) is 0 Å². The largest absolute Gasteiger partial charge is 0.244 e. The zero-order valence-electron chi connectivity index (χ0n) is 3.95. The van der Waals surface area contributed by atoms with Crippen LogP contribution in [0, 0.1) is 0 Å². The Hall–Kier alpha value is -0.0400. The molecule has 2 heteroatoms. The monoisotopic (exact) mass is 106 g/mol. The van der Waals surface area contributed by atoms with Crippen LogP contribution in [0.2, 0.25) is 0 Å². The van der Waals surface area contributed by atoms with Gasteiger partial charge in [-0.1, -0.05) is 0 Å². The average molecular weight is 107 g/mol. The highest BCUT2D eigenvalue weighted by atomic mass is 35.5. The third-order valence-corrected chi connectivity index (χ3v) is 0.635. The summed E-state index contributed by atoms with van der Waals surface area (Å²) in [4.78, 5) is 0. The molecule has 0 aromatic rings. The van der Waals surface area contributed by atoms with Crippen LogP contribution in [0.5, 0.6) is 0 Å². The SMILES string of the molecule is C=[N+](C)CCCl. The summed E-state index contributed by atoms with van der Waals surface area (Å²) in [5.74, 6) is 0.667.